The van der Waals surface area contributed by atoms with Gasteiger partial charge in [-0.05, 0) is 48.5 Å². The summed E-state index contributed by atoms with van der Waals surface area (Å²) in [5.41, 5.74) is 1.23. The fourth-order valence-corrected chi connectivity index (χ4v) is 4.18. The van der Waals surface area contributed by atoms with Gasteiger partial charge < -0.3 is 5.32 Å². The maximum atomic E-state index is 13.0. The summed E-state index contributed by atoms with van der Waals surface area (Å²) < 4.78 is 28.8. The number of nitrogens with one attached hydrogen (secondary N) is 1. The fraction of sp³-hybridized carbons (Fsp3) is 0.0455. The lowest BCUT2D eigenvalue weighted by Crippen LogP contribution is -2.26. The van der Waals surface area contributed by atoms with Crippen molar-refractivity contribution in [2.75, 3.05) is 16.7 Å². The highest BCUT2D eigenvalue weighted by molar-refractivity contribution is 7.92. The maximum absolute atomic E-state index is 13.0. The number of carbonyl (C=O) groups excluding carboxylic acids is 1. The molecule has 9 heteroatoms. The molecule has 31 heavy (non-hydrogen) atoms. The lowest BCUT2D eigenvalue weighted by atomic mass is 10.2. The van der Waals surface area contributed by atoms with Gasteiger partial charge in [-0.1, -0.05) is 24.3 Å². The van der Waals surface area contributed by atoms with E-state index in [1.165, 1.54) is 29.7 Å². The average Bonchev–Trinajstić information content (AvgIpc) is 3.35. The summed E-state index contributed by atoms with van der Waals surface area (Å²) in [6.07, 6.45) is 4.92. The van der Waals surface area contributed by atoms with Crippen molar-refractivity contribution in [3.05, 3.63) is 97.0 Å². The zero-order valence-corrected chi connectivity index (χ0v) is 17.4. The molecular weight excluding hydrogens is 414 g/mol. The minimum absolute atomic E-state index is 0.0265. The van der Waals surface area contributed by atoms with Crippen molar-refractivity contribution in [3.63, 3.8) is 0 Å². The largest absolute Gasteiger partial charge is 0.321 e. The Balaban J connectivity index is 1.53. The molecule has 1 N–H and O–H groups in total. The van der Waals surface area contributed by atoms with Crippen LogP contribution in [0.5, 0.6) is 0 Å². The molecule has 2 heterocycles. The van der Waals surface area contributed by atoms with Gasteiger partial charge >= 0.3 is 0 Å². The second kappa shape index (κ2) is 8.41. The molecule has 4 rings (SSSR count). The molecule has 0 aliphatic rings. The second-order valence-electron chi connectivity index (χ2n) is 6.65. The Hall–Kier alpha value is -3.98. The molecular formula is C22H19N5O3S. The highest BCUT2D eigenvalue weighted by Gasteiger charge is 2.22. The molecule has 1 amide bonds. The Labute approximate surface area is 179 Å². The zero-order chi connectivity index (χ0) is 21.8. The molecule has 4 aromatic rings. The summed E-state index contributed by atoms with van der Waals surface area (Å²) in [4.78, 5) is 17.0. The van der Waals surface area contributed by atoms with Crippen LogP contribution in [0.1, 0.15) is 10.4 Å². The van der Waals surface area contributed by atoms with E-state index in [1.54, 1.807) is 71.7 Å². The average molecular weight is 433 g/mol. The normalized spacial score (nSPS) is 11.1. The lowest BCUT2D eigenvalue weighted by Gasteiger charge is -2.19. The number of para-hydroxylation sites is 1. The third-order valence-electron chi connectivity index (χ3n) is 4.62. The van der Waals surface area contributed by atoms with Crippen LogP contribution < -0.4 is 9.62 Å². The van der Waals surface area contributed by atoms with Gasteiger partial charge in [0.25, 0.3) is 15.9 Å². The van der Waals surface area contributed by atoms with Gasteiger partial charge in [0.1, 0.15) is 0 Å². The van der Waals surface area contributed by atoms with Crippen molar-refractivity contribution >= 4 is 27.3 Å². The predicted molar refractivity (Wildman–Crippen MR) is 118 cm³/mol. The fourth-order valence-electron chi connectivity index (χ4n) is 2.94. The number of carbonyl (C=O) groups is 1. The third-order valence-corrected chi connectivity index (χ3v) is 6.40. The topological polar surface area (TPSA) is 97.2 Å². The van der Waals surface area contributed by atoms with Gasteiger partial charge in [0.05, 0.1) is 22.5 Å². The first-order chi connectivity index (χ1) is 14.9. The Morgan fingerprint density at radius 2 is 1.81 bits per heavy atom. The summed E-state index contributed by atoms with van der Waals surface area (Å²) >= 11 is 0. The first-order valence-electron chi connectivity index (χ1n) is 9.36. The molecule has 0 unspecified atom stereocenters. The van der Waals surface area contributed by atoms with Crippen molar-refractivity contribution in [1.82, 2.24) is 14.8 Å². The van der Waals surface area contributed by atoms with Gasteiger partial charge in [-0.15, -0.1) is 0 Å². The van der Waals surface area contributed by atoms with Crippen LogP contribution in [-0.4, -0.2) is 36.1 Å². The molecule has 156 valence electrons. The van der Waals surface area contributed by atoms with E-state index in [0.717, 1.165) is 0 Å². The molecule has 0 atom stereocenters. The maximum Gasteiger partial charge on any atom is 0.264 e. The van der Waals surface area contributed by atoms with Gasteiger partial charge in [-0.3, -0.25) is 9.10 Å². The molecule has 8 nitrogen and oxygen atoms in total. The number of hydrogen-bond acceptors (Lipinski definition) is 5. The SMILES string of the molecule is CN(c1ccccc1)S(=O)(=O)c1cccc(C(=O)Nc2ccc(-n3cccn3)nc2)c1. The molecule has 0 fully saturated rings. The molecule has 0 aliphatic carbocycles. The summed E-state index contributed by atoms with van der Waals surface area (Å²) in [7, 11) is -2.34. The summed E-state index contributed by atoms with van der Waals surface area (Å²) in [6, 6.07) is 19.9. The van der Waals surface area contributed by atoms with Crippen LogP contribution in [0.25, 0.3) is 5.82 Å². The first-order valence-corrected chi connectivity index (χ1v) is 10.8. The Morgan fingerprint density at radius 3 is 2.48 bits per heavy atom. The molecule has 2 aromatic heterocycles. The Bertz CT molecular complexity index is 1290. The predicted octanol–water partition coefficient (Wildman–Crippen LogP) is 3.34. The molecule has 0 bridgehead atoms. The summed E-state index contributed by atoms with van der Waals surface area (Å²) in [5, 5.41) is 6.83. The molecule has 0 saturated heterocycles. The van der Waals surface area contributed by atoms with Crippen LogP contribution >= 0.6 is 0 Å². The second-order valence-corrected chi connectivity index (χ2v) is 8.62. The molecule has 0 saturated carbocycles. The molecule has 0 spiro atoms. The van der Waals surface area contributed by atoms with Gasteiger partial charge in [0.15, 0.2) is 5.82 Å². The standard InChI is InChI=1S/C22H19N5O3S/c1-26(19-8-3-2-4-9-19)31(29,30)20-10-5-7-17(15-20)22(28)25-18-11-12-21(23-16-18)27-14-6-13-24-27/h2-16H,1H3,(H,25,28). The third kappa shape index (κ3) is 4.31. The van der Waals surface area contributed by atoms with Gasteiger partial charge in [-0.2, -0.15) is 5.10 Å². The van der Waals surface area contributed by atoms with E-state index in [-0.39, 0.29) is 10.5 Å². The van der Waals surface area contributed by atoms with Crippen LogP contribution in [0.4, 0.5) is 11.4 Å². The van der Waals surface area contributed by atoms with Crippen LogP contribution in [0.3, 0.4) is 0 Å². The number of aromatic nitrogens is 3. The monoisotopic (exact) mass is 433 g/mol. The number of pyridine rings is 1. The van der Waals surface area contributed by atoms with E-state index in [0.29, 0.717) is 17.2 Å². The number of rotatable bonds is 6. The molecule has 2 aromatic carbocycles. The smallest absolute Gasteiger partial charge is 0.264 e. The van der Waals surface area contributed by atoms with Crippen molar-refractivity contribution in [2.24, 2.45) is 0 Å². The summed E-state index contributed by atoms with van der Waals surface area (Å²) in [5.74, 6) is 0.174. The van der Waals surface area contributed by atoms with E-state index in [9.17, 15) is 13.2 Å². The van der Waals surface area contributed by atoms with E-state index < -0.39 is 15.9 Å². The number of sulfonamides is 1. The van der Waals surface area contributed by atoms with Crippen LogP contribution in [0.15, 0.2) is 96.3 Å². The molecule has 0 aliphatic heterocycles. The zero-order valence-electron chi connectivity index (χ0n) is 16.6. The van der Waals surface area contributed by atoms with E-state index in [1.807, 2.05) is 6.07 Å². The number of anilines is 2. The molecule has 0 radical (unpaired) electrons. The minimum atomic E-state index is -3.82. The van der Waals surface area contributed by atoms with Crippen LogP contribution in [0.2, 0.25) is 0 Å². The number of benzene rings is 2. The van der Waals surface area contributed by atoms with Crippen molar-refractivity contribution < 1.29 is 13.2 Å². The quantitative estimate of drug-likeness (QED) is 0.503. The van der Waals surface area contributed by atoms with Crippen molar-refractivity contribution in [1.29, 1.82) is 0 Å². The van der Waals surface area contributed by atoms with E-state index in [2.05, 4.69) is 15.4 Å². The minimum Gasteiger partial charge on any atom is -0.321 e. The van der Waals surface area contributed by atoms with Gasteiger partial charge in [-0.25, -0.2) is 18.1 Å². The van der Waals surface area contributed by atoms with Crippen LogP contribution in [-0.2, 0) is 10.0 Å². The van der Waals surface area contributed by atoms with Crippen molar-refractivity contribution in [2.45, 2.75) is 4.90 Å². The van der Waals surface area contributed by atoms with Gasteiger partial charge in [0, 0.05) is 25.0 Å². The number of nitrogens with zero attached hydrogens (tertiary/aromatic N) is 4. The first kappa shape index (κ1) is 20.3. The van der Waals surface area contributed by atoms with Gasteiger partial charge in [0.2, 0.25) is 0 Å². The highest BCUT2D eigenvalue weighted by Crippen LogP contribution is 2.22. The van der Waals surface area contributed by atoms with Crippen LogP contribution in [0, 0.1) is 0 Å². The Kier molecular flexibility index (Phi) is 5.50. The number of hydrogen-bond donors (Lipinski definition) is 1. The lowest BCUT2D eigenvalue weighted by molar-refractivity contribution is 0.102. The van der Waals surface area contributed by atoms with Crippen molar-refractivity contribution in [3.8, 4) is 5.82 Å². The summed E-state index contributed by atoms with van der Waals surface area (Å²) in [6.45, 7) is 0. The number of amides is 1. The van der Waals surface area contributed by atoms with E-state index >= 15 is 0 Å². The van der Waals surface area contributed by atoms with E-state index in [4.69, 9.17) is 0 Å². The highest BCUT2D eigenvalue weighted by atomic mass is 32.2. The Morgan fingerprint density at radius 1 is 1.00 bits per heavy atom.